The van der Waals surface area contributed by atoms with Gasteiger partial charge >= 0.3 is 0 Å². The van der Waals surface area contributed by atoms with Crippen LogP contribution in [0.25, 0.3) is 0 Å². The molecule has 3 N–H and O–H groups in total. The fourth-order valence-corrected chi connectivity index (χ4v) is 1.98. The van der Waals surface area contributed by atoms with E-state index in [1.807, 2.05) is 36.4 Å². The van der Waals surface area contributed by atoms with Crippen LogP contribution in [0.1, 0.15) is 12.5 Å². The van der Waals surface area contributed by atoms with E-state index in [0.717, 1.165) is 30.0 Å². The molecule has 94 valence electrons. The maximum Gasteiger partial charge on any atom is 0.115 e. The van der Waals surface area contributed by atoms with Crippen molar-refractivity contribution in [3.8, 4) is 5.75 Å². The zero-order chi connectivity index (χ0) is 13.0. The Labute approximate surface area is 107 Å². The number of hydrogen-bond donors (Lipinski definition) is 2. The van der Waals surface area contributed by atoms with Crippen LogP contribution in [0.4, 0.5) is 11.4 Å². The van der Waals surface area contributed by atoms with Crippen molar-refractivity contribution in [1.29, 1.82) is 0 Å². The van der Waals surface area contributed by atoms with E-state index in [4.69, 9.17) is 5.73 Å². The summed E-state index contributed by atoms with van der Waals surface area (Å²) in [5.74, 6) is 0.302. The van der Waals surface area contributed by atoms with Gasteiger partial charge in [-0.1, -0.05) is 18.2 Å². The molecule has 0 aliphatic heterocycles. The molecule has 0 heterocycles. The summed E-state index contributed by atoms with van der Waals surface area (Å²) >= 11 is 0. The normalized spacial score (nSPS) is 10.3. The van der Waals surface area contributed by atoms with Gasteiger partial charge in [0.15, 0.2) is 0 Å². The van der Waals surface area contributed by atoms with Crippen molar-refractivity contribution in [2.75, 3.05) is 17.2 Å². The van der Waals surface area contributed by atoms with Gasteiger partial charge < -0.3 is 15.7 Å². The van der Waals surface area contributed by atoms with Crippen molar-refractivity contribution in [1.82, 2.24) is 0 Å². The molecule has 3 nitrogen and oxygen atoms in total. The fraction of sp³-hybridized carbons (Fsp3) is 0.200. The fourth-order valence-electron chi connectivity index (χ4n) is 1.98. The Morgan fingerprint density at radius 1 is 1.11 bits per heavy atom. The predicted octanol–water partition coefficient (Wildman–Crippen LogP) is 3.00. The van der Waals surface area contributed by atoms with Gasteiger partial charge in [-0.2, -0.15) is 0 Å². The average molecular weight is 242 g/mol. The molecule has 2 aromatic carbocycles. The summed E-state index contributed by atoms with van der Waals surface area (Å²) < 4.78 is 0. The molecule has 0 fully saturated rings. The van der Waals surface area contributed by atoms with Crippen LogP contribution in [0.3, 0.4) is 0 Å². The standard InChI is InChI=1S/C15H18N2O/c1-2-17(14-7-4-6-13(16)10-14)11-12-5-3-8-15(18)9-12/h3-10,18H,2,11,16H2,1H3. The Morgan fingerprint density at radius 3 is 2.56 bits per heavy atom. The predicted molar refractivity (Wildman–Crippen MR) is 75.7 cm³/mol. The highest BCUT2D eigenvalue weighted by molar-refractivity contribution is 5.56. The first kappa shape index (κ1) is 12.3. The third kappa shape index (κ3) is 2.94. The number of nitrogens with two attached hydrogens (primary N) is 1. The second-order valence-corrected chi connectivity index (χ2v) is 4.28. The third-order valence-corrected chi connectivity index (χ3v) is 2.90. The molecule has 3 heteroatoms. The largest absolute Gasteiger partial charge is 0.508 e. The summed E-state index contributed by atoms with van der Waals surface area (Å²) in [7, 11) is 0. The molecule has 0 aromatic heterocycles. The Kier molecular flexibility index (Phi) is 3.72. The molecule has 0 amide bonds. The number of rotatable bonds is 4. The number of nitrogen functional groups attached to an aromatic ring is 1. The van der Waals surface area contributed by atoms with Crippen molar-refractivity contribution < 1.29 is 5.11 Å². The molecular formula is C15H18N2O. The molecule has 0 aliphatic carbocycles. The molecule has 0 spiro atoms. The number of aromatic hydroxyl groups is 1. The van der Waals surface area contributed by atoms with E-state index in [1.54, 1.807) is 12.1 Å². The van der Waals surface area contributed by atoms with E-state index in [2.05, 4.69) is 11.8 Å². The van der Waals surface area contributed by atoms with E-state index in [9.17, 15) is 5.11 Å². The molecule has 0 saturated heterocycles. The first-order valence-corrected chi connectivity index (χ1v) is 6.07. The highest BCUT2D eigenvalue weighted by Crippen LogP contribution is 2.21. The highest BCUT2D eigenvalue weighted by atomic mass is 16.3. The van der Waals surface area contributed by atoms with Crippen LogP contribution in [0.2, 0.25) is 0 Å². The number of nitrogens with zero attached hydrogens (tertiary/aromatic N) is 1. The number of benzene rings is 2. The molecule has 0 saturated carbocycles. The van der Waals surface area contributed by atoms with Gasteiger partial charge in [0.2, 0.25) is 0 Å². The van der Waals surface area contributed by atoms with Crippen LogP contribution in [-0.4, -0.2) is 11.7 Å². The van der Waals surface area contributed by atoms with Crippen LogP contribution >= 0.6 is 0 Å². The Hall–Kier alpha value is -2.16. The lowest BCUT2D eigenvalue weighted by molar-refractivity contribution is 0.474. The highest BCUT2D eigenvalue weighted by Gasteiger charge is 2.05. The quantitative estimate of drug-likeness (QED) is 0.810. The van der Waals surface area contributed by atoms with Gasteiger partial charge in [-0.25, -0.2) is 0 Å². The summed E-state index contributed by atoms with van der Waals surface area (Å²) in [6, 6.07) is 15.2. The summed E-state index contributed by atoms with van der Waals surface area (Å²) in [5.41, 5.74) is 8.75. The molecule has 18 heavy (non-hydrogen) atoms. The lowest BCUT2D eigenvalue weighted by Crippen LogP contribution is -2.21. The van der Waals surface area contributed by atoms with Crippen molar-refractivity contribution in [3.63, 3.8) is 0 Å². The maximum absolute atomic E-state index is 9.47. The third-order valence-electron chi connectivity index (χ3n) is 2.90. The van der Waals surface area contributed by atoms with Gasteiger partial charge in [0.05, 0.1) is 0 Å². The lowest BCUT2D eigenvalue weighted by atomic mass is 10.2. The van der Waals surface area contributed by atoms with Crippen LogP contribution in [0, 0.1) is 0 Å². The van der Waals surface area contributed by atoms with E-state index >= 15 is 0 Å². The number of phenolic OH excluding ortho intramolecular Hbond substituents is 1. The first-order valence-electron chi connectivity index (χ1n) is 6.07. The maximum atomic E-state index is 9.47. The summed E-state index contributed by atoms with van der Waals surface area (Å²) in [6.45, 7) is 3.75. The minimum absolute atomic E-state index is 0.302. The molecule has 0 aliphatic rings. The number of phenols is 1. The second kappa shape index (κ2) is 5.45. The molecule has 0 atom stereocenters. The minimum atomic E-state index is 0.302. The van der Waals surface area contributed by atoms with Gasteiger partial charge in [-0.05, 0) is 42.8 Å². The van der Waals surface area contributed by atoms with Gasteiger partial charge in [0.1, 0.15) is 5.75 Å². The van der Waals surface area contributed by atoms with Gasteiger partial charge in [-0.15, -0.1) is 0 Å². The summed E-state index contributed by atoms with van der Waals surface area (Å²) in [5, 5.41) is 9.47. The monoisotopic (exact) mass is 242 g/mol. The SMILES string of the molecule is CCN(Cc1cccc(O)c1)c1cccc(N)c1. The first-order chi connectivity index (χ1) is 8.69. The molecular weight excluding hydrogens is 224 g/mol. The van der Waals surface area contributed by atoms with Crippen molar-refractivity contribution >= 4 is 11.4 Å². The van der Waals surface area contributed by atoms with Crippen LogP contribution in [0.15, 0.2) is 48.5 Å². The Bertz CT molecular complexity index is 525. The number of hydrogen-bond acceptors (Lipinski definition) is 3. The summed E-state index contributed by atoms with van der Waals surface area (Å²) in [4.78, 5) is 2.21. The van der Waals surface area contributed by atoms with Crippen LogP contribution in [-0.2, 0) is 6.54 Å². The Balaban J connectivity index is 2.19. The summed E-state index contributed by atoms with van der Waals surface area (Å²) in [6.07, 6.45) is 0. The van der Waals surface area contributed by atoms with E-state index in [1.165, 1.54) is 0 Å². The molecule has 2 rings (SSSR count). The van der Waals surface area contributed by atoms with Crippen molar-refractivity contribution in [2.24, 2.45) is 0 Å². The van der Waals surface area contributed by atoms with Crippen LogP contribution < -0.4 is 10.6 Å². The van der Waals surface area contributed by atoms with Crippen molar-refractivity contribution in [2.45, 2.75) is 13.5 Å². The van der Waals surface area contributed by atoms with Gasteiger partial charge in [0.25, 0.3) is 0 Å². The van der Waals surface area contributed by atoms with E-state index in [-0.39, 0.29) is 0 Å². The van der Waals surface area contributed by atoms with E-state index in [0.29, 0.717) is 5.75 Å². The molecule has 0 unspecified atom stereocenters. The molecule has 0 bridgehead atoms. The van der Waals surface area contributed by atoms with Gasteiger partial charge in [-0.3, -0.25) is 0 Å². The van der Waals surface area contributed by atoms with Crippen molar-refractivity contribution in [3.05, 3.63) is 54.1 Å². The minimum Gasteiger partial charge on any atom is -0.508 e. The number of anilines is 2. The second-order valence-electron chi connectivity index (χ2n) is 4.28. The van der Waals surface area contributed by atoms with Crippen LogP contribution in [0.5, 0.6) is 5.75 Å². The zero-order valence-electron chi connectivity index (χ0n) is 10.5. The average Bonchev–Trinajstić information content (AvgIpc) is 2.36. The molecule has 0 radical (unpaired) electrons. The van der Waals surface area contributed by atoms with Gasteiger partial charge in [0, 0.05) is 24.5 Å². The topological polar surface area (TPSA) is 49.5 Å². The van der Waals surface area contributed by atoms with E-state index < -0.39 is 0 Å². The smallest absolute Gasteiger partial charge is 0.115 e. The lowest BCUT2D eigenvalue weighted by Gasteiger charge is -2.23. The Morgan fingerprint density at radius 2 is 1.89 bits per heavy atom. The zero-order valence-corrected chi connectivity index (χ0v) is 10.5. The molecule has 2 aromatic rings.